The summed E-state index contributed by atoms with van der Waals surface area (Å²) in [5, 5.41) is 12.5. The number of hydrogen-bond acceptors (Lipinski definition) is 4. The lowest BCUT2D eigenvalue weighted by Gasteiger charge is -2.31. The Morgan fingerprint density at radius 3 is 2.52 bits per heavy atom. The molecule has 1 aliphatic heterocycles. The van der Waals surface area contributed by atoms with Gasteiger partial charge < -0.3 is 15.0 Å². The maximum absolute atomic E-state index is 12.7. The van der Waals surface area contributed by atoms with Crippen LogP contribution in [0.15, 0.2) is 0 Å². The third-order valence-corrected chi connectivity index (χ3v) is 5.86. The van der Waals surface area contributed by atoms with Gasteiger partial charge in [0, 0.05) is 18.5 Å². The van der Waals surface area contributed by atoms with Crippen LogP contribution < -0.4 is 5.32 Å². The van der Waals surface area contributed by atoms with Crippen molar-refractivity contribution in [3.8, 4) is 6.07 Å². The predicted molar refractivity (Wildman–Crippen MR) is 83.2 cm³/mol. The van der Waals surface area contributed by atoms with Crippen LogP contribution in [0.4, 0.5) is 0 Å². The molecule has 0 aromatic heterocycles. The first kappa shape index (κ1) is 16.3. The van der Waals surface area contributed by atoms with E-state index in [-0.39, 0.29) is 17.2 Å². The third kappa shape index (κ3) is 2.61. The van der Waals surface area contributed by atoms with Gasteiger partial charge in [-0.1, -0.05) is 19.8 Å². The molecule has 0 aromatic rings. The summed E-state index contributed by atoms with van der Waals surface area (Å²) < 4.78 is 5.27. The molecule has 23 heavy (non-hydrogen) atoms. The van der Waals surface area contributed by atoms with Crippen LogP contribution in [0.5, 0.6) is 0 Å². The number of morpholine rings is 1. The monoisotopic (exact) mass is 319 g/mol. The number of hydrogen-bond donors (Lipinski definition) is 1. The van der Waals surface area contributed by atoms with Gasteiger partial charge in [-0.25, -0.2) is 0 Å². The Morgan fingerprint density at radius 2 is 1.96 bits per heavy atom. The second-order valence-electron chi connectivity index (χ2n) is 7.05. The van der Waals surface area contributed by atoms with Gasteiger partial charge in [0.25, 0.3) is 0 Å². The highest BCUT2D eigenvalue weighted by Gasteiger charge is 2.73. The number of carbonyl (C=O) groups excluding carboxylic acids is 2. The van der Waals surface area contributed by atoms with Crippen molar-refractivity contribution in [1.29, 1.82) is 5.26 Å². The van der Waals surface area contributed by atoms with E-state index in [1.165, 1.54) is 0 Å². The van der Waals surface area contributed by atoms with Crippen LogP contribution in [0.3, 0.4) is 0 Å². The van der Waals surface area contributed by atoms with Crippen molar-refractivity contribution < 1.29 is 14.3 Å². The molecule has 3 rings (SSSR count). The molecule has 1 N–H and O–H groups in total. The van der Waals surface area contributed by atoms with Gasteiger partial charge in [-0.05, 0) is 25.7 Å². The normalized spacial score (nSPS) is 29.8. The van der Waals surface area contributed by atoms with E-state index >= 15 is 0 Å². The van der Waals surface area contributed by atoms with Gasteiger partial charge in [-0.15, -0.1) is 0 Å². The van der Waals surface area contributed by atoms with E-state index in [1.807, 2.05) is 6.92 Å². The summed E-state index contributed by atoms with van der Waals surface area (Å²) in [6, 6.07) is 1.74. The number of carbonyl (C=O) groups is 2. The fourth-order valence-electron chi connectivity index (χ4n) is 4.27. The minimum atomic E-state index is -0.901. The van der Waals surface area contributed by atoms with Crippen LogP contribution in [-0.4, -0.2) is 49.1 Å². The lowest BCUT2D eigenvalue weighted by atomic mass is 9.91. The first-order valence-electron chi connectivity index (χ1n) is 8.67. The highest BCUT2D eigenvalue weighted by molar-refractivity contribution is 5.94. The number of ether oxygens (including phenoxy) is 1. The minimum Gasteiger partial charge on any atom is -0.378 e. The van der Waals surface area contributed by atoms with Crippen LogP contribution in [0.2, 0.25) is 0 Å². The van der Waals surface area contributed by atoms with Gasteiger partial charge in [0.2, 0.25) is 11.8 Å². The van der Waals surface area contributed by atoms with E-state index in [2.05, 4.69) is 11.4 Å². The number of nitriles is 1. The molecule has 1 spiro atoms. The summed E-state index contributed by atoms with van der Waals surface area (Å²) in [5.41, 5.74) is -1.02. The average molecular weight is 319 g/mol. The molecule has 1 saturated heterocycles. The zero-order chi connectivity index (χ0) is 16.5. The Bertz CT molecular complexity index is 530. The SMILES string of the molecule is CCC(NC(=O)C1(C#N)CC12CCCC2)C(=O)N1CCOCC1. The fourth-order valence-corrected chi connectivity index (χ4v) is 4.27. The van der Waals surface area contributed by atoms with Gasteiger partial charge in [-0.2, -0.15) is 5.26 Å². The lowest BCUT2D eigenvalue weighted by molar-refractivity contribution is -0.140. The molecule has 3 fully saturated rings. The van der Waals surface area contributed by atoms with Crippen molar-refractivity contribution >= 4 is 11.8 Å². The Hall–Kier alpha value is -1.61. The van der Waals surface area contributed by atoms with E-state index in [1.54, 1.807) is 4.90 Å². The largest absolute Gasteiger partial charge is 0.378 e. The van der Waals surface area contributed by atoms with Crippen molar-refractivity contribution in [3.63, 3.8) is 0 Å². The van der Waals surface area contributed by atoms with E-state index in [4.69, 9.17) is 4.74 Å². The second kappa shape index (κ2) is 6.12. The molecule has 2 saturated carbocycles. The Morgan fingerprint density at radius 1 is 1.30 bits per heavy atom. The average Bonchev–Trinajstić information content (AvgIpc) is 2.98. The van der Waals surface area contributed by atoms with E-state index in [0.29, 0.717) is 39.1 Å². The predicted octanol–water partition coefficient (Wildman–Crippen LogP) is 1.21. The lowest BCUT2D eigenvalue weighted by Crippen LogP contribution is -2.53. The third-order valence-electron chi connectivity index (χ3n) is 5.86. The number of rotatable bonds is 4. The second-order valence-corrected chi connectivity index (χ2v) is 7.05. The van der Waals surface area contributed by atoms with Crippen LogP contribution in [0, 0.1) is 22.2 Å². The molecule has 126 valence electrons. The van der Waals surface area contributed by atoms with Crippen LogP contribution in [0.25, 0.3) is 0 Å². The van der Waals surface area contributed by atoms with Crippen molar-refractivity contribution in [2.75, 3.05) is 26.3 Å². The molecule has 2 unspecified atom stereocenters. The summed E-state index contributed by atoms with van der Waals surface area (Å²) in [6.07, 6.45) is 5.31. The summed E-state index contributed by atoms with van der Waals surface area (Å²) in [4.78, 5) is 27.1. The van der Waals surface area contributed by atoms with Gasteiger partial charge in [0.15, 0.2) is 0 Å². The molecule has 6 nitrogen and oxygen atoms in total. The van der Waals surface area contributed by atoms with Crippen LogP contribution in [-0.2, 0) is 14.3 Å². The topological polar surface area (TPSA) is 82.4 Å². The summed E-state index contributed by atoms with van der Waals surface area (Å²) in [7, 11) is 0. The molecule has 6 heteroatoms. The molecule has 0 aromatic carbocycles. The van der Waals surface area contributed by atoms with Gasteiger partial charge in [0.05, 0.1) is 19.3 Å². The summed E-state index contributed by atoms with van der Waals surface area (Å²) in [6.45, 7) is 4.11. The van der Waals surface area contributed by atoms with Gasteiger partial charge >= 0.3 is 0 Å². The molecule has 0 bridgehead atoms. The Balaban J connectivity index is 1.66. The van der Waals surface area contributed by atoms with Crippen molar-refractivity contribution in [3.05, 3.63) is 0 Å². The molecular formula is C17H25N3O3. The first-order chi connectivity index (χ1) is 11.1. The smallest absolute Gasteiger partial charge is 0.245 e. The van der Waals surface area contributed by atoms with Gasteiger partial charge in [-0.3, -0.25) is 9.59 Å². The standard InChI is InChI=1S/C17H25N3O3/c1-2-13(14(21)20-7-9-23-10-8-20)19-15(22)17(12-18)11-16(17)5-3-4-6-16/h13H,2-11H2,1H3,(H,19,22). The summed E-state index contributed by atoms with van der Waals surface area (Å²) in [5.74, 6) is -0.297. The molecule has 2 atom stereocenters. The Kier molecular flexibility index (Phi) is 4.33. The minimum absolute atomic E-state index is 0.0571. The molecule has 0 radical (unpaired) electrons. The van der Waals surface area contributed by atoms with E-state index < -0.39 is 11.5 Å². The number of nitrogens with one attached hydrogen (secondary N) is 1. The van der Waals surface area contributed by atoms with E-state index in [0.717, 1.165) is 25.7 Å². The number of amides is 2. The maximum atomic E-state index is 12.7. The van der Waals surface area contributed by atoms with Crippen molar-refractivity contribution in [2.45, 2.75) is 51.5 Å². The quantitative estimate of drug-likeness (QED) is 0.844. The summed E-state index contributed by atoms with van der Waals surface area (Å²) >= 11 is 0. The zero-order valence-corrected chi connectivity index (χ0v) is 13.8. The van der Waals surface area contributed by atoms with Crippen LogP contribution >= 0.6 is 0 Å². The number of nitrogens with zero attached hydrogens (tertiary/aromatic N) is 2. The maximum Gasteiger partial charge on any atom is 0.245 e. The molecule has 1 heterocycles. The molecule has 2 aliphatic carbocycles. The highest BCUT2D eigenvalue weighted by Crippen LogP contribution is 2.71. The highest BCUT2D eigenvalue weighted by atomic mass is 16.5. The molecule has 3 aliphatic rings. The molecular weight excluding hydrogens is 294 g/mol. The Labute approximate surface area is 137 Å². The zero-order valence-electron chi connectivity index (χ0n) is 13.8. The van der Waals surface area contributed by atoms with Crippen LogP contribution in [0.1, 0.15) is 45.4 Å². The fraction of sp³-hybridized carbons (Fsp3) is 0.824. The van der Waals surface area contributed by atoms with Gasteiger partial charge in [0.1, 0.15) is 11.5 Å². The van der Waals surface area contributed by atoms with E-state index in [9.17, 15) is 14.9 Å². The van der Waals surface area contributed by atoms with Crippen molar-refractivity contribution in [1.82, 2.24) is 10.2 Å². The first-order valence-corrected chi connectivity index (χ1v) is 8.67. The molecule has 2 amide bonds. The van der Waals surface area contributed by atoms with Crippen molar-refractivity contribution in [2.24, 2.45) is 10.8 Å².